The number of benzene rings is 2. The number of aliphatic hydroxyl groups excluding tert-OH is 2. The fourth-order valence-corrected chi connectivity index (χ4v) is 5.51. The maximum atomic E-state index is 13.3. The molecule has 0 saturated carbocycles. The second-order valence-electron chi connectivity index (χ2n) is 10.9. The molecule has 0 unspecified atom stereocenters. The molecule has 2 aliphatic rings. The van der Waals surface area contributed by atoms with E-state index in [0.29, 0.717) is 51.7 Å². The highest BCUT2D eigenvalue weighted by Gasteiger charge is 2.42. The standard InChI is InChI=1S/C30H37F3N2O5/c31-30(32,33)24-10-8-23(9-11-24)27(38)35-16-5-4-13-29(28(39)40-21-26(37)25(36)12-17-35)14-18-34(19-15-29)20-22-6-2-1-3-7-22/h1-3,6-11,25-26,36-37H,4-5,12-21H2/t25-,26+/m0/s1. The molecular weight excluding hydrogens is 525 g/mol. The molecule has 2 aromatic rings. The number of rotatable bonds is 3. The van der Waals surface area contributed by atoms with Crippen molar-refractivity contribution < 1.29 is 37.7 Å². The molecular formula is C30H37F3N2O5. The molecule has 4 rings (SSSR count). The molecule has 2 fully saturated rings. The summed E-state index contributed by atoms with van der Waals surface area (Å²) in [6.45, 7) is 2.29. The molecule has 2 atom stereocenters. The van der Waals surface area contributed by atoms with Crippen molar-refractivity contribution >= 4 is 11.9 Å². The Morgan fingerprint density at radius 1 is 0.900 bits per heavy atom. The van der Waals surface area contributed by atoms with E-state index in [-0.39, 0.29) is 31.1 Å². The number of hydrogen-bond acceptors (Lipinski definition) is 6. The predicted octanol–water partition coefficient (Wildman–Crippen LogP) is 4.27. The SMILES string of the molecule is O=C(c1ccc(C(F)(F)F)cc1)N1CCCCC2(CCN(Cc3ccccc3)CC2)C(=O)OC[C@@H](O)[C@@H](O)CC1. The summed E-state index contributed by atoms with van der Waals surface area (Å²) in [7, 11) is 0. The molecule has 40 heavy (non-hydrogen) atoms. The average molecular weight is 563 g/mol. The Morgan fingerprint density at radius 2 is 1.57 bits per heavy atom. The molecule has 0 aromatic heterocycles. The number of nitrogens with zero attached hydrogens (tertiary/aromatic N) is 2. The zero-order chi connectivity index (χ0) is 28.8. The highest BCUT2D eigenvalue weighted by atomic mass is 19.4. The Morgan fingerprint density at radius 3 is 2.23 bits per heavy atom. The molecule has 0 bridgehead atoms. The number of piperidine rings is 1. The van der Waals surface area contributed by atoms with Gasteiger partial charge in [0.2, 0.25) is 0 Å². The third-order valence-electron chi connectivity index (χ3n) is 8.10. The third-order valence-corrected chi connectivity index (χ3v) is 8.10. The number of aliphatic hydroxyl groups is 2. The second kappa shape index (κ2) is 13.1. The van der Waals surface area contributed by atoms with Crippen LogP contribution >= 0.6 is 0 Å². The van der Waals surface area contributed by atoms with E-state index in [1.165, 1.54) is 10.5 Å². The van der Waals surface area contributed by atoms with Crippen molar-refractivity contribution in [1.29, 1.82) is 0 Å². The van der Waals surface area contributed by atoms with E-state index < -0.39 is 35.3 Å². The lowest BCUT2D eigenvalue weighted by Gasteiger charge is -2.40. The van der Waals surface area contributed by atoms with Gasteiger partial charge in [-0.05, 0) is 75.0 Å². The van der Waals surface area contributed by atoms with Crippen molar-refractivity contribution in [2.24, 2.45) is 5.41 Å². The molecule has 1 amide bonds. The number of carbonyl (C=O) groups excluding carboxylic acids is 2. The quantitative estimate of drug-likeness (QED) is 0.544. The normalized spacial score (nSPS) is 23.5. The van der Waals surface area contributed by atoms with Gasteiger partial charge in [-0.15, -0.1) is 0 Å². The number of alkyl halides is 3. The van der Waals surface area contributed by atoms with Gasteiger partial charge in [0.1, 0.15) is 12.7 Å². The van der Waals surface area contributed by atoms with Crippen LogP contribution in [0, 0.1) is 5.41 Å². The van der Waals surface area contributed by atoms with Gasteiger partial charge in [0.25, 0.3) is 5.91 Å². The van der Waals surface area contributed by atoms with E-state index in [0.717, 1.165) is 30.8 Å². The van der Waals surface area contributed by atoms with Crippen LogP contribution in [0.4, 0.5) is 13.2 Å². The molecule has 1 spiro atoms. The van der Waals surface area contributed by atoms with Crippen LogP contribution in [0.1, 0.15) is 60.0 Å². The fraction of sp³-hybridized carbons (Fsp3) is 0.533. The van der Waals surface area contributed by atoms with E-state index in [2.05, 4.69) is 17.0 Å². The summed E-state index contributed by atoms with van der Waals surface area (Å²) in [6.07, 6.45) is -4.03. The van der Waals surface area contributed by atoms with Gasteiger partial charge in [0.15, 0.2) is 0 Å². The maximum Gasteiger partial charge on any atom is 0.416 e. The first kappa shape index (κ1) is 30.0. The lowest BCUT2D eigenvalue weighted by molar-refractivity contribution is -0.165. The zero-order valence-corrected chi connectivity index (χ0v) is 22.5. The average Bonchev–Trinajstić information content (AvgIpc) is 2.96. The first-order valence-corrected chi connectivity index (χ1v) is 13.8. The number of cyclic esters (lactones) is 1. The monoisotopic (exact) mass is 562 g/mol. The van der Waals surface area contributed by atoms with Crippen molar-refractivity contribution in [2.45, 2.75) is 63.5 Å². The summed E-state index contributed by atoms with van der Waals surface area (Å²) in [4.78, 5) is 30.3. The molecule has 7 nitrogen and oxygen atoms in total. The number of esters is 1. The minimum Gasteiger partial charge on any atom is -0.462 e. The summed E-state index contributed by atoms with van der Waals surface area (Å²) >= 11 is 0. The zero-order valence-electron chi connectivity index (χ0n) is 22.5. The van der Waals surface area contributed by atoms with Crippen LogP contribution in [-0.4, -0.2) is 76.9 Å². The van der Waals surface area contributed by atoms with Crippen molar-refractivity contribution in [2.75, 3.05) is 32.8 Å². The molecule has 2 saturated heterocycles. The lowest BCUT2D eigenvalue weighted by atomic mass is 9.74. The second-order valence-corrected chi connectivity index (χ2v) is 10.9. The van der Waals surface area contributed by atoms with Gasteiger partial charge in [0, 0.05) is 25.2 Å². The summed E-state index contributed by atoms with van der Waals surface area (Å²) in [5.41, 5.74) is -0.231. The molecule has 2 N–H and O–H groups in total. The van der Waals surface area contributed by atoms with E-state index in [9.17, 15) is 33.0 Å². The first-order chi connectivity index (χ1) is 19.1. The Hall–Kier alpha value is -2.95. The van der Waals surface area contributed by atoms with Crippen LogP contribution in [0.15, 0.2) is 54.6 Å². The smallest absolute Gasteiger partial charge is 0.416 e. The van der Waals surface area contributed by atoms with Gasteiger partial charge in [-0.1, -0.05) is 36.8 Å². The Kier molecular flexibility index (Phi) is 9.86. The van der Waals surface area contributed by atoms with Gasteiger partial charge in [-0.3, -0.25) is 14.5 Å². The summed E-state index contributed by atoms with van der Waals surface area (Å²) < 4.78 is 44.4. The predicted molar refractivity (Wildman–Crippen MR) is 142 cm³/mol. The Bertz CT molecular complexity index is 1120. The first-order valence-electron chi connectivity index (χ1n) is 13.8. The van der Waals surface area contributed by atoms with Crippen molar-refractivity contribution in [3.63, 3.8) is 0 Å². The highest BCUT2D eigenvalue weighted by Crippen LogP contribution is 2.39. The van der Waals surface area contributed by atoms with E-state index in [4.69, 9.17) is 4.74 Å². The van der Waals surface area contributed by atoms with E-state index in [1.807, 2.05) is 18.2 Å². The number of halogens is 3. The van der Waals surface area contributed by atoms with Crippen LogP contribution in [0.25, 0.3) is 0 Å². The molecule has 2 aromatic carbocycles. The number of amides is 1. The van der Waals surface area contributed by atoms with Crippen molar-refractivity contribution in [3.05, 3.63) is 71.3 Å². The Labute approximate surface area is 232 Å². The van der Waals surface area contributed by atoms with E-state index >= 15 is 0 Å². The minimum absolute atomic E-state index is 0.0324. The molecule has 218 valence electrons. The number of likely N-dealkylation sites (tertiary alicyclic amines) is 1. The van der Waals surface area contributed by atoms with Gasteiger partial charge in [0.05, 0.1) is 17.1 Å². The van der Waals surface area contributed by atoms with Crippen LogP contribution in [0.3, 0.4) is 0 Å². The van der Waals surface area contributed by atoms with Gasteiger partial charge < -0.3 is 19.8 Å². The summed E-state index contributed by atoms with van der Waals surface area (Å²) in [6, 6.07) is 14.2. The van der Waals surface area contributed by atoms with Gasteiger partial charge in [-0.2, -0.15) is 13.2 Å². The van der Waals surface area contributed by atoms with Gasteiger partial charge >= 0.3 is 12.1 Å². The summed E-state index contributed by atoms with van der Waals surface area (Å²) in [5.74, 6) is -0.809. The highest BCUT2D eigenvalue weighted by molar-refractivity contribution is 5.94. The van der Waals surface area contributed by atoms with E-state index in [1.54, 1.807) is 0 Å². The number of carbonyl (C=O) groups is 2. The van der Waals surface area contributed by atoms with Crippen molar-refractivity contribution in [3.8, 4) is 0 Å². The maximum absolute atomic E-state index is 13.3. The van der Waals surface area contributed by atoms with Crippen LogP contribution < -0.4 is 0 Å². The topological polar surface area (TPSA) is 90.3 Å². The fourth-order valence-electron chi connectivity index (χ4n) is 5.51. The lowest BCUT2D eigenvalue weighted by Crippen LogP contribution is -2.45. The minimum atomic E-state index is -4.50. The van der Waals surface area contributed by atoms with Crippen LogP contribution in [0.2, 0.25) is 0 Å². The number of ether oxygens (including phenoxy) is 1. The molecule has 0 radical (unpaired) electrons. The number of hydrogen-bond donors (Lipinski definition) is 2. The van der Waals surface area contributed by atoms with Crippen LogP contribution in [0.5, 0.6) is 0 Å². The van der Waals surface area contributed by atoms with Crippen LogP contribution in [-0.2, 0) is 22.3 Å². The molecule has 10 heteroatoms. The summed E-state index contributed by atoms with van der Waals surface area (Å²) in [5, 5.41) is 20.9. The van der Waals surface area contributed by atoms with Gasteiger partial charge in [-0.25, -0.2) is 0 Å². The largest absolute Gasteiger partial charge is 0.462 e. The Balaban J connectivity index is 1.43. The molecule has 2 aliphatic heterocycles. The molecule has 0 aliphatic carbocycles. The third kappa shape index (κ3) is 7.62. The molecule has 2 heterocycles. The van der Waals surface area contributed by atoms with Crippen molar-refractivity contribution in [1.82, 2.24) is 9.80 Å².